The number of alkyl halides is 3. The quantitative estimate of drug-likeness (QED) is 0.864. The van der Waals surface area contributed by atoms with Gasteiger partial charge >= 0.3 is 6.18 Å². The van der Waals surface area contributed by atoms with Gasteiger partial charge in [0.25, 0.3) is 0 Å². The Hall–Kier alpha value is -1.93. The van der Waals surface area contributed by atoms with E-state index in [9.17, 15) is 17.6 Å². The molecule has 0 spiro atoms. The molecule has 1 aliphatic heterocycles. The Kier molecular flexibility index (Phi) is 4.60. The number of aromatic amines is 1. The second-order valence-electron chi connectivity index (χ2n) is 5.82. The highest BCUT2D eigenvalue weighted by Gasteiger charge is 2.36. The lowest BCUT2D eigenvalue weighted by atomic mass is 10.1. The van der Waals surface area contributed by atoms with Gasteiger partial charge in [-0.3, -0.25) is 4.90 Å². The second kappa shape index (κ2) is 6.52. The molecule has 3 rings (SSSR count). The summed E-state index contributed by atoms with van der Waals surface area (Å²) in [4.78, 5) is 9.10. The van der Waals surface area contributed by atoms with E-state index in [0.717, 1.165) is 18.2 Å². The Morgan fingerprint density at radius 2 is 2.17 bits per heavy atom. The molecule has 130 valence electrons. The first-order chi connectivity index (χ1) is 11.4. The van der Waals surface area contributed by atoms with Crippen LogP contribution in [0.25, 0.3) is 0 Å². The maximum absolute atomic E-state index is 14.0. The zero-order chi connectivity index (χ0) is 17.3. The molecular weight excluding hydrogens is 326 g/mol. The normalized spacial score (nSPS) is 22.2. The standard InChI is InChI=1S/C16H17F4N3O/c1-24-12-7-14(15-21-4-5-22-15)23(9-12)8-10-6-11(16(18,19)20)2-3-13(10)17/h2-6,12,14H,7-9H2,1H3,(H,21,22)/t12-,14?/m1/s1. The first-order valence-corrected chi connectivity index (χ1v) is 7.50. The maximum atomic E-state index is 14.0. The van der Waals surface area contributed by atoms with E-state index in [1.165, 1.54) is 0 Å². The molecule has 0 amide bonds. The average molecular weight is 343 g/mol. The van der Waals surface area contributed by atoms with Crippen LogP contribution in [0.4, 0.5) is 17.6 Å². The predicted octanol–water partition coefficient (Wildman–Crippen LogP) is 3.53. The molecule has 1 fully saturated rings. The molecule has 1 aromatic heterocycles. The second-order valence-corrected chi connectivity index (χ2v) is 5.82. The minimum Gasteiger partial charge on any atom is -0.380 e. The number of nitrogens with one attached hydrogen (secondary N) is 1. The number of hydrogen-bond donors (Lipinski definition) is 1. The van der Waals surface area contributed by atoms with Crippen molar-refractivity contribution in [3.63, 3.8) is 0 Å². The van der Waals surface area contributed by atoms with Crippen molar-refractivity contribution in [2.45, 2.75) is 31.3 Å². The van der Waals surface area contributed by atoms with Crippen LogP contribution in [0, 0.1) is 5.82 Å². The van der Waals surface area contributed by atoms with E-state index in [1.807, 2.05) is 4.90 Å². The Morgan fingerprint density at radius 1 is 1.38 bits per heavy atom. The number of imidazole rings is 1. The van der Waals surface area contributed by atoms with Crippen LogP contribution in [0.2, 0.25) is 0 Å². The van der Waals surface area contributed by atoms with Gasteiger partial charge in [0.1, 0.15) is 11.6 Å². The van der Waals surface area contributed by atoms with Crippen LogP contribution in [0.15, 0.2) is 30.6 Å². The third kappa shape index (κ3) is 3.44. The topological polar surface area (TPSA) is 41.1 Å². The van der Waals surface area contributed by atoms with Crippen molar-refractivity contribution in [2.24, 2.45) is 0 Å². The molecule has 1 aliphatic rings. The molecule has 0 bridgehead atoms. The summed E-state index contributed by atoms with van der Waals surface area (Å²) in [5, 5.41) is 0. The van der Waals surface area contributed by atoms with Gasteiger partial charge in [-0.05, 0) is 24.6 Å². The lowest BCUT2D eigenvalue weighted by molar-refractivity contribution is -0.137. The molecule has 1 unspecified atom stereocenters. The van der Waals surface area contributed by atoms with Gasteiger partial charge in [-0.1, -0.05) is 0 Å². The highest BCUT2D eigenvalue weighted by Crippen LogP contribution is 2.35. The summed E-state index contributed by atoms with van der Waals surface area (Å²) < 4.78 is 57.9. The van der Waals surface area contributed by atoms with Crippen molar-refractivity contribution < 1.29 is 22.3 Å². The Morgan fingerprint density at radius 3 is 2.79 bits per heavy atom. The number of H-pyrrole nitrogens is 1. The van der Waals surface area contributed by atoms with Gasteiger partial charge in [0.2, 0.25) is 0 Å². The zero-order valence-corrected chi connectivity index (χ0v) is 13.0. The number of hydrogen-bond acceptors (Lipinski definition) is 3. The number of ether oxygens (including phenoxy) is 1. The number of likely N-dealkylation sites (tertiary alicyclic amines) is 1. The van der Waals surface area contributed by atoms with Crippen molar-refractivity contribution in [3.8, 4) is 0 Å². The van der Waals surface area contributed by atoms with Crippen LogP contribution in [0.5, 0.6) is 0 Å². The fourth-order valence-electron chi connectivity index (χ4n) is 3.04. The molecule has 2 aromatic rings. The monoisotopic (exact) mass is 343 g/mol. The minimum atomic E-state index is -4.50. The summed E-state index contributed by atoms with van der Waals surface area (Å²) in [5.74, 6) is 0.0454. The van der Waals surface area contributed by atoms with Gasteiger partial charge < -0.3 is 9.72 Å². The van der Waals surface area contributed by atoms with Crippen molar-refractivity contribution in [2.75, 3.05) is 13.7 Å². The van der Waals surface area contributed by atoms with Crippen LogP contribution < -0.4 is 0 Å². The van der Waals surface area contributed by atoms with Crippen LogP contribution in [-0.2, 0) is 17.5 Å². The summed E-state index contributed by atoms with van der Waals surface area (Å²) in [6.45, 7) is 0.554. The van der Waals surface area contributed by atoms with E-state index >= 15 is 0 Å². The molecule has 1 aromatic carbocycles. The number of halogens is 4. The third-order valence-corrected chi connectivity index (χ3v) is 4.28. The van der Waals surface area contributed by atoms with Crippen molar-refractivity contribution in [3.05, 3.63) is 53.4 Å². The SMILES string of the molecule is CO[C@@H]1CC(c2ncc[nH]2)N(Cc2cc(C(F)(F)F)ccc2F)C1. The highest BCUT2D eigenvalue weighted by molar-refractivity contribution is 5.27. The number of nitrogens with zero attached hydrogens (tertiary/aromatic N) is 2. The molecule has 0 saturated carbocycles. The van der Waals surface area contributed by atoms with E-state index in [1.54, 1.807) is 19.5 Å². The molecule has 1 saturated heterocycles. The van der Waals surface area contributed by atoms with Gasteiger partial charge in [-0.25, -0.2) is 9.37 Å². The van der Waals surface area contributed by atoms with Gasteiger partial charge in [-0.15, -0.1) is 0 Å². The Bertz CT molecular complexity index is 687. The van der Waals surface area contributed by atoms with E-state index in [2.05, 4.69) is 9.97 Å². The fraction of sp³-hybridized carbons (Fsp3) is 0.438. The highest BCUT2D eigenvalue weighted by atomic mass is 19.4. The molecule has 0 aliphatic carbocycles. The molecule has 2 atom stereocenters. The Balaban J connectivity index is 1.86. The van der Waals surface area contributed by atoms with Gasteiger partial charge in [0.05, 0.1) is 17.7 Å². The van der Waals surface area contributed by atoms with Crippen LogP contribution in [-0.4, -0.2) is 34.6 Å². The predicted molar refractivity (Wildman–Crippen MR) is 78.6 cm³/mol. The van der Waals surface area contributed by atoms with E-state index in [-0.39, 0.29) is 24.3 Å². The average Bonchev–Trinajstić information content (AvgIpc) is 3.17. The van der Waals surface area contributed by atoms with Crippen molar-refractivity contribution in [1.29, 1.82) is 0 Å². The van der Waals surface area contributed by atoms with Crippen LogP contribution in [0.3, 0.4) is 0 Å². The number of methoxy groups -OCH3 is 1. The first-order valence-electron chi connectivity index (χ1n) is 7.50. The van der Waals surface area contributed by atoms with Gasteiger partial charge in [0, 0.05) is 38.2 Å². The van der Waals surface area contributed by atoms with E-state index < -0.39 is 17.6 Å². The molecule has 24 heavy (non-hydrogen) atoms. The molecule has 0 radical (unpaired) electrons. The Labute approximate surface area is 136 Å². The molecule has 8 heteroatoms. The first kappa shape index (κ1) is 16.9. The lowest BCUT2D eigenvalue weighted by Gasteiger charge is -2.23. The zero-order valence-electron chi connectivity index (χ0n) is 13.0. The van der Waals surface area contributed by atoms with E-state index in [4.69, 9.17) is 4.74 Å². The number of aromatic nitrogens is 2. The summed E-state index contributed by atoms with van der Waals surface area (Å²) in [7, 11) is 1.58. The van der Waals surface area contributed by atoms with Crippen LogP contribution in [0.1, 0.15) is 29.4 Å². The van der Waals surface area contributed by atoms with Crippen molar-refractivity contribution >= 4 is 0 Å². The largest absolute Gasteiger partial charge is 0.416 e. The smallest absolute Gasteiger partial charge is 0.380 e. The summed E-state index contributed by atoms with van der Waals surface area (Å²) in [5.41, 5.74) is -0.839. The third-order valence-electron chi connectivity index (χ3n) is 4.28. The lowest BCUT2D eigenvalue weighted by Crippen LogP contribution is -2.26. The van der Waals surface area contributed by atoms with Crippen molar-refractivity contribution in [1.82, 2.24) is 14.9 Å². The molecular formula is C16H17F4N3O. The summed E-state index contributed by atoms with van der Waals surface area (Å²) >= 11 is 0. The molecule has 1 N–H and O–H groups in total. The summed E-state index contributed by atoms with van der Waals surface area (Å²) in [6.07, 6.45) is -0.640. The number of rotatable bonds is 4. The maximum Gasteiger partial charge on any atom is 0.416 e. The van der Waals surface area contributed by atoms with E-state index in [0.29, 0.717) is 18.8 Å². The fourth-order valence-corrected chi connectivity index (χ4v) is 3.04. The van der Waals surface area contributed by atoms with Crippen LogP contribution >= 0.6 is 0 Å². The van der Waals surface area contributed by atoms with Gasteiger partial charge in [-0.2, -0.15) is 13.2 Å². The van der Waals surface area contributed by atoms with Gasteiger partial charge in [0.15, 0.2) is 0 Å². The number of benzene rings is 1. The molecule has 4 nitrogen and oxygen atoms in total. The molecule has 2 heterocycles. The summed E-state index contributed by atoms with van der Waals surface area (Å²) in [6, 6.07) is 2.34. The minimum absolute atomic E-state index is 0.0122.